The third kappa shape index (κ3) is 4.47. The first-order valence-electron chi connectivity index (χ1n) is 9.21. The molecule has 0 aliphatic carbocycles. The Hall–Kier alpha value is -3.30. The van der Waals surface area contributed by atoms with E-state index in [-0.39, 0.29) is 12.5 Å². The first-order chi connectivity index (χ1) is 14.4. The minimum absolute atomic E-state index is 0.247. The molecule has 0 aliphatic rings. The van der Waals surface area contributed by atoms with Crippen molar-refractivity contribution in [2.75, 3.05) is 0 Å². The third-order valence-corrected chi connectivity index (χ3v) is 5.43. The molecule has 0 saturated heterocycles. The van der Waals surface area contributed by atoms with Gasteiger partial charge in [0.1, 0.15) is 16.1 Å². The quantitative estimate of drug-likeness (QED) is 0.487. The van der Waals surface area contributed by atoms with Gasteiger partial charge in [-0.25, -0.2) is 9.61 Å². The highest BCUT2D eigenvalue weighted by Gasteiger charge is 2.17. The predicted octanol–water partition coefficient (Wildman–Crippen LogP) is 3.32. The number of hydrogen-bond donors (Lipinski definition) is 2. The number of hydrogen-bond acceptors (Lipinski definition) is 8. The summed E-state index contributed by atoms with van der Waals surface area (Å²) >= 11 is 1.36. The lowest BCUT2D eigenvalue weighted by atomic mass is 10.0. The van der Waals surface area contributed by atoms with Crippen LogP contribution in [0.2, 0.25) is 0 Å². The molecule has 30 heavy (non-hydrogen) atoms. The Labute approximate surface area is 176 Å². The maximum atomic E-state index is 12.8. The lowest BCUT2D eigenvalue weighted by Crippen LogP contribution is -2.24. The molecule has 0 aliphatic heterocycles. The Morgan fingerprint density at radius 3 is 2.73 bits per heavy atom. The number of aromatic nitrogens is 4. The molecule has 1 aromatic carbocycles. The van der Waals surface area contributed by atoms with Crippen LogP contribution in [0.3, 0.4) is 0 Å². The monoisotopic (exact) mass is 421 g/mol. The van der Waals surface area contributed by atoms with Gasteiger partial charge in [-0.05, 0) is 60.6 Å². The molecule has 4 rings (SSSR count). The molecular weight excluding hydrogens is 402 g/mol. The number of carbonyl (C=O) groups excluding carboxylic acids is 1. The maximum absolute atomic E-state index is 12.8. The van der Waals surface area contributed by atoms with Gasteiger partial charge in [0.05, 0.1) is 23.4 Å². The highest BCUT2D eigenvalue weighted by molar-refractivity contribution is 7.99. The molecule has 0 saturated carbocycles. The van der Waals surface area contributed by atoms with Crippen molar-refractivity contribution in [2.24, 2.45) is 0 Å². The van der Waals surface area contributed by atoms with Crippen LogP contribution in [0.4, 0.5) is 0 Å². The number of aliphatic hydroxyl groups is 1. The van der Waals surface area contributed by atoms with Gasteiger partial charge < -0.3 is 10.4 Å². The molecule has 152 valence electrons. The van der Waals surface area contributed by atoms with Gasteiger partial charge in [-0.15, -0.1) is 0 Å². The van der Waals surface area contributed by atoms with Crippen molar-refractivity contribution in [3.63, 3.8) is 0 Å². The average Bonchev–Trinajstić information content (AvgIpc) is 3.20. The van der Waals surface area contributed by atoms with Gasteiger partial charge in [0.25, 0.3) is 5.91 Å². The lowest BCUT2D eigenvalue weighted by Gasteiger charge is -2.17. The molecule has 0 fully saturated rings. The largest absolute Gasteiger partial charge is 0.386 e. The number of amides is 1. The van der Waals surface area contributed by atoms with E-state index in [0.29, 0.717) is 32.9 Å². The van der Waals surface area contributed by atoms with Crippen LogP contribution >= 0.6 is 11.8 Å². The van der Waals surface area contributed by atoms with E-state index in [0.717, 1.165) is 4.90 Å². The topological polar surface area (TPSA) is 114 Å². The molecule has 1 amide bonds. The van der Waals surface area contributed by atoms with Crippen molar-refractivity contribution in [1.29, 1.82) is 0 Å². The summed E-state index contributed by atoms with van der Waals surface area (Å²) in [5, 5.41) is 21.1. The number of pyridine rings is 2. The smallest absolute Gasteiger partial charge is 0.254 e. The van der Waals surface area contributed by atoms with Crippen molar-refractivity contribution in [1.82, 2.24) is 25.6 Å². The molecule has 0 unspecified atom stereocenters. The molecule has 3 heterocycles. The lowest BCUT2D eigenvalue weighted by molar-refractivity contribution is 0.0781. The molecule has 0 radical (unpaired) electrons. The zero-order chi connectivity index (χ0) is 21.1. The Bertz CT molecular complexity index is 1190. The van der Waals surface area contributed by atoms with Crippen LogP contribution in [0.5, 0.6) is 0 Å². The number of fused-ring (bicyclic) bond motifs is 1. The number of benzene rings is 1. The van der Waals surface area contributed by atoms with E-state index in [1.807, 2.05) is 12.1 Å². The zero-order valence-electron chi connectivity index (χ0n) is 16.4. The van der Waals surface area contributed by atoms with Crippen molar-refractivity contribution in [2.45, 2.75) is 35.9 Å². The SMILES string of the molecule is CC(C)(O)c1ccc(CNC(=O)c2cccnc2Sc2ccc3nonc3c2)nc1. The van der Waals surface area contributed by atoms with E-state index in [4.69, 9.17) is 4.63 Å². The Morgan fingerprint density at radius 1 is 1.13 bits per heavy atom. The summed E-state index contributed by atoms with van der Waals surface area (Å²) < 4.78 is 4.72. The second-order valence-electron chi connectivity index (χ2n) is 7.15. The number of rotatable bonds is 6. The van der Waals surface area contributed by atoms with E-state index >= 15 is 0 Å². The van der Waals surface area contributed by atoms with Gasteiger partial charge in [0.2, 0.25) is 0 Å². The van der Waals surface area contributed by atoms with E-state index in [1.54, 1.807) is 56.6 Å². The summed E-state index contributed by atoms with van der Waals surface area (Å²) in [6.07, 6.45) is 3.26. The van der Waals surface area contributed by atoms with Gasteiger partial charge >= 0.3 is 0 Å². The van der Waals surface area contributed by atoms with E-state index in [9.17, 15) is 9.90 Å². The van der Waals surface area contributed by atoms with Crippen LogP contribution in [0.25, 0.3) is 11.0 Å². The molecule has 0 bridgehead atoms. The van der Waals surface area contributed by atoms with Gasteiger partial charge in [0, 0.05) is 22.9 Å². The molecular formula is C21H19N5O3S. The first-order valence-corrected chi connectivity index (χ1v) is 10.0. The van der Waals surface area contributed by atoms with Gasteiger partial charge in [0.15, 0.2) is 0 Å². The molecule has 0 spiro atoms. The Morgan fingerprint density at radius 2 is 1.97 bits per heavy atom. The van der Waals surface area contributed by atoms with Crippen LogP contribution in [-0.2, 0) is 12.1 Å². The van der Waals surface area contributed by atoms with Gasteiger partial charge in [-0.3, -0.25) is 9.78 Å². The van der Waals surface area contributed by atoms with Gasteiger partial charge in [-0.2, -0.15) is 0 Å². The van der Waals surface area contributed by atoms with Crippen LogP contribution in [0.1, 0.15) is 35.5 Å². The molecule has 2 N–H and O–H groups in total. The fourth-order valence-corrected chi connectivity index (χ4v) is 3.65. The fourth-order valence-electron chi connectivity index (χ4n) is 2.74. The van der Waals surface area contributed by atoms with Gasteiger partial charge in [-0.1, -0.05) is 17.8 Å². The zero-order valence-corrected chi connectivity index (χ0v) is 17.2. The summed E-state index contributed by atoms with van der Waals surface area (Å²) in [7, 11) is 0. The van der Waals surface area contributed by atoms with Crippen LogP contribution < -0.4 is 5.32 Å². The number of carbonyl (C=O) groups is 1. The van der Waals surface area contributed by atoms with E-state index in [1.165, 1.54) is 11.8 Å². The minimum atomic E-state index is -0.957. The van der Waals surface area contributed by atoms with E-state index < -0.39 is 5.60 Å². The second-order valence-corrected chi connectivity index (χ2v) is 8.22. The fraction of sp³-hybridized carbons (Fsp3) is 0.190. The highest BCUT2D eigenvalue weighted by atomic mass is 32.2. The van der Waals surface area contributed by atoms with Crippen molar-refractivity contribution in [3.05, 3.63) is 71.7 Å². The Balaban J connectivity index is 1.46. The molecule has 3 aromatic heterocycles. The standard InChI is InChI=1S/C21H19N5O3S/c1-21(2,28)13-5-6-14(23-11-13)12-24-19(27)16-4-3-9-22-20(16)30-15-7-8-17-18(10-15)26-29-25-17/h3-11,28H,12H2,1-2H3,(H,24,27). The second kappa shape index (κ2) is 8.21. The first kappa shape index (κ1) is 20.0. The number of nitrogens with zero attached hydrogens (tertiary/aromatic N) is 4. The molecule has 4 aromatic rings. The molecule has 9 heteroatoms. The summed E-state index contributed by atoms with van der Waals surface area (Å²) in [6.45, 7) is 3.66. The third-order valence-electron chi connectivity index (χ3n) is 4.42. The molecule has 0 atom stereocenters. The van der Waals surface area contributed by atoms with Crippen molar-refractivity contribution >= 4 is 28.7 Å². The van der Waals surface area contributed by atoms with Crippen molar-refractivity contribution in [3.8, 4) is 0 Å². The van der Waals surface area contributed by atoms with E-state index in [2.05, 4.69) is 25.6 Å². The number of nitrogens with one attached hydrogen (secondary N) is 1. The summed E-state index contributed by atoms with van der Waals surface area (Å²) in [5.41, 5.74) is 2.22. The highest BCUT2D eigenvalue weighted by Crippen LogP contribution is 2.30. The van der Waals surface area contributed by atoms with Crippen molar-refractivity contribution < 1.29 is 14.5 Å². The normalized spacial score (nSPS) is 11.6. The van der Waals surface area contributed by atoms with Crippen LogP contribution in [0.15, 0.2) is 69.4 Å². The average molecular weight is 421 g/mol. The summed E-state index contributed by atoms with van der Waals surface area (Å²) in [6, 6.07) is 12.6. The Kier molecular flexibility index (Phi) is 5.47. The maximum Gasteiger partial charge on any atom is 0.254 e. The summed E-state index contributed by atoms with van der Waals surface area (Å²) in [5.74, 6) is -0.247. The van der Waals surface area contributed by atoms with Crippen LogP contribution in [0, 0.1) is 0 Å². The predicted molar refractivity (Wildman–Crippen MR) is 111 cm³/mol. The summed E-state index contributed by atoms with van der Waals surface area (Å²) in [4.78, 5) is 22.3. The molecule has 8 nitrogen and oxygen atoms in total. The minimum Gasteiger partial charge on any atom is -0.386 e. The van der Waals surface area contributed by atoms with Crippen LogP contribution in [-0.4, -0.2) is 31.3 Å².